The van der Waals surface area contributed by atoms with Crippen LogP contribution >= 0.6 is 12.2 Å². The van der Waals surface area contributed by atoms with Gasteiger partial charge in [0.1, 0.15) is 0 Å². The highest BCUT2D eigenvalue weighted by Crippen LogP contribution is 2.39. The number of rotatable bonds is 5. The van der Waals surface area contributed by atoms with Crippen LogP contribution in [0.3, 0.4) is 0 Å². The first kappa shape index (κ1) is 12.7. The SMILES string of the molecule is COCC(C)NC(=S)NC(C)(C)C1CC1. The van der Waals surface area contributed by atoms with Gasteiger partial charge in [0, 0.05) is 18.7 Å². The summed E-state index contributed by atoms with van der Waals surface area (Å²) >= 11 is 5.26. The summed E-state index contributed by atoms with van der Waals surface area (Å²) in [5.74, 6) is 0.773. The van der Waals surface area contributed by atoms with E-state index in [1.165, 1.54) is 12.8 Å². The van der Waals surface area contributed by atoms with Gasteiger partial charge in [0.25, 0.3) is 0 Å². The van der Waals surface area contributed by atoms with Gasteiger partial charge >= 0.3 is 0 Å². The lowest BCUT2D eigenvalue weighted by atomic mass is 9.99. The van der Waals surface area contributed by atoms with E-state index in [1.54, 1.807) is 7.11 Å². The number of thiocarbonyl (C=S) groups is 1. The van der Waals surface area contributed by atoms with Crippen LogP contribution in [-0.2, 0) is 4.74 Å². The zero-order chi connectivity index (χ0) is 11.5. The van der Waals surface area contributed by atoms with E-state index in [9.17, 15) is 0 Å². The average Bonchev–Trinajstić information content (AvgIpc) is 2.83. The van der Waals surface area contributed by atoms with Gasteiger partial charge in [-0.05, 0) is 51.7 Å². The summed E-state index contributed by atoms with van der Waals surface area (Å²) in [7, 11) is 1.70. The van der Waals surface area contributed by atoms with Crippen LogP contribution < -0.4 is 10.6 Å². The predicted molar refractivity (Wildman–Crippen MR) is 67.0 cm³/mol. The smallest absolute Gasteiger partial charge is 0.167 e. The van der Waals surface area contributed by atoms with E-state index in [4.69, 9.17) is 17.0 Å². The van der Waals surface area contributed by atoms with Crippen molar-refractivity contribution in [3.63, 3.8) is 0 Å². The van der Waals surface area contributed by atoms with Crippen LogP contribution in [0.4, 0.5) is 0 Å². The van der Waals surface area contributed by atoms with Crippen molar-refractivity contribution in [2.45, 2.75) is 45.2 Å². The monoisotopic (exact) mass is 230 g/mol. The molecular formula is C11H22N2OS. The Bertz CT molecular complexity index is 227. The van der Waals surface area contributed by atoms with E-state index in [1.807, 2.05) is 0 Å². The van der Waals surface area contributed by atoms with Gasteiger partial charge in [-0.2, -0.15) is 0 Å². The first-order chi connectivity index (χ1) is 6.95. The van der Waals surface area contributed by atoms with E-state index < -0.39 is 0 Å². The Morgan fingerprint density at radius 1 is 1.53 bits per heavy atom. The molecule has 0 aliphatic heterocycles. The highest BCUT2D eigenvalue weighted by Gasteiger charge is 2.38. The molecule has 3 nitrogen and oxygen atoms in total. The highest BCUT2D eigenvalue weighted by molar-refractivity contribution is 7.80. The number of nitrogens with one attached hydrogen (secondary N) is 2. The first-order valence-electron chi connectivity index (χ1n) is 5.53. The Balaban J connectivity index is 2.28. The normalized spacial score (nSPS) is 18.4. The number of hydrogen-bond acceptors (Lipinski definition) is 2. The van der Waals surface area contributed by atoms with Crippen molar-refractivity contribution in [2.75, 3.05) is 13.7 Å². The molecule has 88 valence electrons. The fourth-order valence-corrected chi connectivity index (χ4v) is 2.22. The molecule has 0 heterocycles. The lowest BCUT2D eigenvalue weighted by Crippen LogP contribution is -2.52. The zero-order valence-corrected chi connectivity index (χ0v) is 10.9. The first-order valence-corrected chi connectivity index (χ1v) is 5.94. The van der Waals surface area contributed by atoms with E-state index in [0.29, 0.717) is 6.61 Å². The Hall–Kier alpha value is -0.350. The van der Waals surface area contributed by atoms with E-state index >= 15 is 0 Å². The van der Waals surface area contributed by atoms with Crippen LogP contribution in [0.15, 0.2) is 0 Å². The minimum atomic E-state index is 0.122. The molecule has 1 fully saturated rings. The molecule has 0 amide bonds. The zero-order valence-electron chi connectivity index (χ0n) is 10.1. The molecule has 0 aromatic rings. The summed E-state index contributed by atoms with van der Waals surface area (Å²) in [6.07, 6.45) is 2.63. The van der Waals surface area contributed by atoms with Crippen LogP contribution in [0.1, 0.15) is 33.6 Å². The van der Waals surface area contributed by atoms with Crippen LogP contribution in [0, 0.1) is 5.92 Å². The van der Waals surface area contributed by atoms with Gasteiger partial charge in [-0.1, -0.05) is 0 Å². The van der Waals surface area contributed by atoms with Crippen molar-refractivity contribution < 1.29 is 4.74 Å². The van der Waals surface area contributed by atoms with Crippen LogP contribution in [0.25, 0.3) is 0 Å². The van der Waals surface area contributed by atoms with E-state index in [2.05, 4.69) is 31.4 Å². The molecule has 0 radical (unpaired) electrons. The highest BCUT2D eigenvalue weighted by atomic mass is 32.1. The lowest BCUT2D eigenvalue weighted by Gasteiger charge is -2.29. The predicted octanol–water partition coefficient (Wildman–Crippen LogP) is 1.67. The molecule has 1 saturated carbocycles. The maximum Gasteiger partial charge on any atom is 0.167 e. The van der Waals surface area contributed by atoms with Crippen molar-refractivity contribution in [1.29, 1.82) is 0 Å². The summed E-state index contributed by atoms with van der Waals surface area (Å²) in [6, 6.07) is 0.255. The minimum absolute atomic E-state index is 0.122. The van der Waals surface area contributed by atoms with Crippen LogP contribution in [0.5, 0.6) is 0 Å². The second-order valence-electron chi connectivity index (χ2n) is 4.95. The molecule has 2 N–H and O–H groups in total. The third-order valence-electron chi connectivity index (χ3n) is 2.83. The van der Waals surface area contributed by atoms with E-state index in [0.717, 1.165) is 11.0 Å². The third kappa shape index (κ3) is 4.34. The largest absolute Gasteiger partial charge is 0.383 e. The van der Waals surface area contributed by atoms with Crippen LogP contribution in [0.2, 0.25) is 0 Å². The Kier molecular flexibility index (Phi) is 4.34. The summed E-state index contributed by atoms with van der Waals surface area (Å²) in [5, 5.41) is 7.32. The van der Waals surface area contributed by atoms with Crippen molar-refractivity contribution in [3.8, 4) is 0 Å². The van der Waals surface area contributed by atoms with E-state index in [-0.39, 0.29) is 11.6 Å². The van der Waals surface area contributed by atoms with Crippen molar-refractivity contribution in [3.05, 3.63) is 0 Å². The van der Waals surface area contributed by atoms with Crippen molar-refractivity contribution in [2.24, 2.45) is 5.92 Å². The summed E-state index contributed by atoms with van der Waals surface area (Å²) in [6.45, 7) is 7.15. The van der Waals surface area contributed by atoms with Gasteiger partial charge in [0.2, 0.25) is 0 Å². The molecule has 1 unspecified atom stereocenters. The molecule has 0 saturated heterocycles. The fraction of sp³-hybridized carbons (Fsp3) is 0.909. The molecule has 1 rings (SSSR count). The molecule has 1 aliphatic rings. The second kappa shape index (κ2) is 5.12. The summed E-state index contributed by atoms with van der Waals surface area (Å²) in [5.41, 5.74) is 0.122. The van der Waals surface area contributed by atoms with Gasteiger partial charge in [-0.15, -0.1) is 0 Å². The lowest BCUT2D eigenvalue weighted by molar-refractivity contribution is 0.179. The molecule has 0 aromatic heterocycles. The maximum absolute atomic E-state index is 5.26. The van der Waals surface area contributed by atoms with Crippen molar-refractivity contribution in [1.82, 2.24) is 10.6 Å². The van der Waals surface area contributed by atoms with Crippen LogP contribution in [-0.4, -0.2) is 30.4 Å². The van der Waals surface area contributed by atoms with Gasteiger partial charge in [0.05, 0.1) is 6.61 Å². The minimum Gasteiger partial charge on any atom is -0.383 e. The molecule has 1 atom stereocenters. The molecule has 0 bridgehead atoms. The number of hydrogen-bond donors (Lipinski definition) is 2. The molecule has 0 aromatic carbocycles. The van der Waals surface area contributed by atoms with Gasteiger partial charge in [0.15, 0.2) is 5.11 Å². The number of methoxy groups -OCH3 is 1. The Labute approximate surface area is 98.0 Å². The van der Waals surface area contributed by atoms with Gasteiger partial charge in [-0.3, -0.25) is 0 Å². The average molecular weight is 230 g/mol. The fourth-order valence-electron chi connectivity index (χ4n) is 1.75. The van der Waals surface area contributed by atoms with Gasteiger partial charge in [-0.25, -0.2) is 0 Å². The second-order valence-corrected chi connectivity index (χ2v) is 5.36. The quantitative estimate of drug-likeness (QED) is 0.704. The maximum atomic E-state index is 5.26. The Morgan fingerprint density at radius 2 is 2.13 bits per heavy atom. The number of ether oxygens (including phenoxy) is 1. The molecule has 15 heavy (non-hydrogen) atoms. The van der Waals surface area contributed by atoms with Gasteiger partial charge < -0.3 is 15.4 Å². The van der Waals surface area contributed by atoms with Crippen molar-refractivity contribution >= 4 is 17.3 Å². The summed E-state index contributed by atoms with van der Waals surface area (Å²) < 4.78 is 5.04. The molecular weight excluding hydrogens is 208 g/mol. The molecule has 4 heteroatoms. The third-order valence-corrected chi connectivity index (χ3v) is 3.05. The Morgan fingerprint density at radius 3 is 2.60 bits per heavy atom. The standard InChI is InChI=1S/C11H22N2OS/c1-8(7-14-4)12-10(15)13-11(2,3)9-5-6-9/h8-9H,5-7H2,1-4H3,(H2,12,13,15). The molecule has 0 spiro atoms. The topological polar surface area (TPSA) is 33.3 Å². The summed E-state index contributed by atoms with van der Waals surface area (Å²) in [4.78, 5) is 0. The molecule has 1 aliphatic carbocycles.